The number of hydrogen-bond donors (Lipinski definition) is 0. The molecule has 0 fully saturated rings. The summed E-state index contributed by atoms with van der Waals surface area (Å²) in [6, 6.07) is 5.90. The van der Waals surface area contributed by atoms with Gasteiger partial charge < -0.3 is 4.74 Å². The van der Waals surface area contributed by atoms with Crippen LogP contribution in [0, 0.1) is 0 Å². The van der Waals surface area contributed by atoms with Crippen LogP contribution in [-0.2, 0) is 0 Å². The van der Waals surface area contributed by atoms with Crippen LogP contribution in [0.15, 0.2) is 28.7 Å². The number of benzene rings is 1. The fraction of sp³-hybridized carbons (Fsp3) is 0.200. The van der Waals surface area contributed by atoms with E-state index in [0.717, 1.165) is 15.8 Å². The Balaban J connectivity index is 3.08. The third-order valence-corrected chi connectivity index (χ3v) is 2.27. The van der Waals surface area contributed by atoms with Crippen molar-refractivity contribution in [3.05, 3.63) is 34.3 Å². The highest BCUT2D eigenvalue weighted by Crippen LogP contribution is 2.23. The SMILES string of the molecule is C/C=C\c1cc(OC)ccc1Br. The second kappa shape index (κ2) is 4.31. The predicted molar refractivity (Wildman–Crippen MR) is 55.4 cm³/mol. The molecule has 2 heteroatoms. The molecule has 0 aromatic heterocycles. The fourth-order valence-electron chi connectivity index (χ4n) is 0.956. The summed E-state index contributed by atoms with van der Waals surface area (Å²) in [5.74, 6) is 0.881. The molecule has 0 saturated heterocycles. The van der Waals surface area contributed by atoms with E-state index in [9.17, 15) is 0 Å². The van der Waals surface area contributed by atoms with Crippen molar-refractivity contribution >= 4 is 22.0 Å². The smallest absolute Gasteiger partial charge is 0.119 e. The summed E-state index contributed by atoms with van der Waals surface area (Å²) in [5, 5.41) is 0. The van der Waals surface area contributed by atoms with Crippen molar-refractivity contribution in [1.82, 2.24) is 0 Å². The van der Waals surface area contributed by atoms with Gasteiger partial charge in [-0.3, -0.25) is 0 Å². The van der Waals surface area contributed by atoms with Gasteiger partial charge in [0.15, 0.2) is 0 Å². The lowest BCUT2D eigenvalue weighted by molar-refractivity contribution is 0.414. The number of halogens is 1. The van der Waals surface area contributed by atoms with Crippen LogP contribution in [0.4, 0.5) is 0 Å². The van der Waals surface area contributed by atoms with E-state index in [4.69, 9.17) is 4.74 Å². The van der Waals surface area contributed by atoms with E-state index < -0.39 is 0 Å². The van der Waals surface area contributed by atoms with Crippen molar-refractivity contribution in [1.29, 1.82) is 0 Å². The lowest BCUT2D eigenvalue weighted by Gasteiger charge is -2.02. The molecule has 12 heavy (non-hydrogen) atoms. The Hall–Kier alpha value is -0.760. The highest BCUT2D eigenvalue weighted by molar-refractivity contribution is 9.10. The molecule has 1 nitrogen and oxygen atoms in total. The van der Waals surface area contributed by atoms with Gasteiger partial charge in [0.25, 0.3) is 0 Å². The maximum Gasteiger partial charge on any atom is 0.119 e. The quantitative estimate of drug-likeness (QED) is 0.751. The largest absolute Gasteiger partial charge is 0.497 e. The molecule has 1 rings (SSSR count). The molecule has 1 aromatic rings. The van der Waals surface area contributed by atoms with Gasteiger partial charge in [0, 0.05) is 4.47 Å². The van der Waals surface area contributed by atoms with E-state index in [2.05, 4.69) is 15.9 Å². The molecular formula is C10H11BrO. The van der Waals surface area contributed by atoms with Gasteiger partial charge in [-0.15, -0.1) is 0 Å². The Morgan fingerprint density at radius 1 is 1.42 bits per heavy atom. The lowest BCUT2D eigenvalue weighted by Crippen LogP contribution is -1.83. The van der Waals surface area contributed by atoms with E-state index >= 15 is 0 Å². The summed E-state index contributed by atoms with van der Waals surface area (Å²) >= 11 is 3.45. The Kier molecular flexibility index (Phi) is 3.35. The van der Waals surface area contributed by atoms with Crippen LogP contribution >= 0.6 is 15.9 Å². The van der Waals surface area contributed by atoms with Gasteiger partial charge in [0.05, 0.1) is 7.11 Å². The predicted octanol–water partition coefficient (Wildman–Crippen LogP) is 3.49. The second-order valence-electron chi connectivity index (χ2n) is 2.39. The van der Waals surface area contributed by atoms with E-state index in [-0.39, 0.29) is 0 Å². The van der Waals surface area contributed by atoms with E-state index in [1.54, 1.807) is 7.11 Å². The third kappa shape index (κ3) is 2.11. The normalized spacial score (nSPS) is 10.6. The summed E-state index contributed by atoms with van der Waals surface area (Å²) in [5.41, 5.74) is 1.14. The molecule has 0 radical (unpaired) electrons. The zero-order chi connectivity index (χ0) is 8.97. The summed E-state index contributed by atoms with van der Waals surface area (Å²) in [4.78, 5) is 0. The highest BCUT2D eigenvalue weighted by atomic mass is 79.9. The maximum absolute atomic E-state index is 5.10. The molecule has 0 N–H and O–H groups in total. The monoisotopic (exact) mass is 226 g/mol. The number of rotatable bonds is 2. The van der Waals surface area contributed by atoms with Gasteiger partial charge >= 0.3 is 0 Å². The summed E-state index contributed by atoms with van der Waals surface area (Å²) in [6.45, 7) is 1.99. The molecule has 0 heterocycles. The van der Waals surface area contributed by atoms with Crippen LogP contribution < -0.4 is 4.74 Å². The molecule has 0 aliphatic heterocycles. The van der Waals surface area contributed by atoms with E-state index in [1.807, 2.05) is 37.3 Å². The Bertz CT molecular complexity index is 292. The van der Waals surface area contributed by atoms with E-state index in [0.29, 0.717) is 0 Å². The average Bonchev–Trinajstić information content (AvgIpc) is 2.09. The molecule has 0 amide bonds. The molecular weight excluding hydrogens is 216 g/mol. The number of ether oxygens (including phenoxy) is 1. The topological polar surface area (TPSA) is 9.23 Å². The third-order valence-electron chi connectivity index (χ3n) is 1.55. The van der Waals surface area contributed by atoms with Gasteiger partial charge in [-0.25, -0.2) is 0 Å². The molecule has 0 atom stereocenters. The number of methoxy groups -OCH3 is 1. The Morgan fingerprint density at radius 2 is 2.17 bits per heavy atom. The minimum absolute atomic E-state index is 0.881. The molecule has 1 aromatic carbocycles. The van der Waals surface area contributed by atoms with Crippen LogP contribution in [0.2, 0.25) is 0 Å². The van der Waals surface area contributed by atoms with Crippen molar-refractivity contribution in [2.24, 2.45) is 0 Å². The zero-order valence-electron chi connectivity index (χ0n) is 7.17. The number of hydrogen-bond acceptors (Lipinski definition) is 1. The van der Waals surface area contributed by atoms with Crippen molar-refractivity contribution in [2.75, 3.05) is 7.11 Å². The van der Waals surface area contributed by atoms with E-state index in [1.165, 1.54) is 0 Å². The summed E-state index contributed by atoms with van der Waals surface area (Å²) in [6.07, 6.45) is 4.03. The molecule has 0 bridgehead atoms. The summed E-state index contributed by atoms with van der Waals surface area (Å²) < 4.78 is 6.19. The maximum atomic E-state index is 5.10. The zero-order valence-corrected chi connectivity index (χ0v) is 8.76. The number of allylic oxidation sites excluding steroid dienone is 1. The Labute approximate surface area is 81.2 Å². The van der Waals surface area contributed by atoms with Crippen LogP contribution in [0.25, 0.3) is 6.08 Å². The Morgan fingerprint density at radius 3 is 2.75 bits per heavy atom. The molecule has 0 unspecified atom stereocenters. The lowest BCUT2D eigenvalue weighted by atomic mass is 10.2. The molecule has 64 valence electrons. The minimum atomic E-state index is 0.881. The fourth-order valence-corrected chi connectivity index (χ4v) is 1.33. The van der Waals surface area contributed by atoms with Crippen LogP contribution in [0.5, 0.6) is 5.75 Å². The second-order valence-corrected chi connectivity index (χ2v) is 3.24. The standard InChI is InChI=1S/C10H11BrO/c1-3-4-8-7-9(12-2)5-6-10(8)11/h3-7H,1-2H3/b4-3-. The van der Waals surface area contributed by atoms with Gasteiger partial charge in [-0.05, 0) is 30.7 Å². The average molecular weight is 227 g/mol. The van der Waals surface area contributed by atoms with Crippen molar-refractivity contribution in [3.8, 4) is 5.75 Å². The van der Waals surface area contributed by atoms with Crippen molar-refractivity contribution in [2.45, 2.75) is 6.92 Å². The summed E-state index contributed by atoms with van der Waals surface area (Å²) in [7, 11) is 1.67. The first-order chi connectivity index (χ1) is 5.77. The van der Waals surface area contributed by atoms with Gasteiger partial charge in [-0.2, -0.15) is 0 Å². The van der Waals surface area contributed by atoms with Gasteiger partial charge in [0.2, 0.25) is 0 Å². The van der Waals surface area contributed by atoms with Gasteiger partial charge in [-0.1, -0.05) is 28.1 Å². The first-order valence-corrected chi connectivity index (χ1v) is 4.53. The van der Waals surface area contributed by atoms with Crippen molar-refractivity contribution in [3.63, 3.8) is 0 Å². The molecule has 0 spiro atoms. The molecule has 0 aliphatic carbocycles. The van der Waals surface area contributed by atoms with Gasteiger partial charge in [0.1, 0.15) is 5.75 Å². The molecule has 0 aliphatic rings. The first kappa shape index (κ1) is 9.33. The van der Waals surface area contributed by atoms with Crippen LogP contribution in [0.3, 0.4) is 0 Å². The van der Waals surface area contributed by atoms with Crippen molar-refractivity contribution < 1.29 is 4.74 Å². The van der Waals surface area contributed by atoms with Crippen LogP contribution in [0.1, 0.15) is 12.5 Å². The minimum Gasteiger partial charge on any atom is -0.497 e. The molecule has 0 saturated carbocycles. The highest BCUT2D eigenvalue weighted by Gasteiger charge is 1.97. The van der Waals surface area contributed by atoms with Crippen LogP contribution in [-0.4, -0.2) is 7.11 Å². The first-order valence-electron chi connectivity index (χ1n) is 3.74.